The van der Waals surface area contributed by atoms with Gasteiger partial charge in [0.2, 0.25) is 10.0 Å². The first-order valence-corrected chi connectivity index (χ1v) is 9.75. The molecule has 0 spiro atoms. The minimum Gasteiger partial charge on any atom is -0.380 e. The zero-order chi connectivity index (χ0) is 14.9. The van der Waals surface area contributed by atoms with Crippen LogP contribution < -0.4 is 5.32 Å². The average Bonchev–Trinajstić information content (AvgIpc) is 3.21. The van der Waals surface area contributed by atoms with E-state index in [4.69, 9.17) is 4.74 Å². The van der Waals surface area contributed by atoms with Crippen molar-refractivity contribution in [3.05, 3.63) is 16.3 Å². The highest BCUT2D eigenvalue weighted by Gasteiger charge is 2.31. The molecule has 5 nitrogen and oxygen atoms in total. The Bertz CT molecular complexity index is 581. The van der Waals surface area contributed by atoms with E-state index in [1.54, 1.807) is 16.8 Å². The minimum atomic E-state index is -3.37. The Balaban J connectivity index is 1.68. The quantitative estimate of drug-likeness (QED) is 0.864. The standard InChI is InChI=1S/C14H22N2O3S2/c1-19-12-3-2-6-16(9-12)21(17,18)14-7-13(20-10-14)8-15-11-4-5-11/h7,10-12,15H,2-6,8-9H2,1H3. The van der Waals surface area contributed by atoms with Gasteiger partial charge in [0.25, 0.3) is 0 Å². The number of nitrogens with zero attached hydrogens (tertiary/aromatic N) is 1. The molecule has 7 heteroatoms. The maximum absolute atomic E-state index is 12.7. The van der Waals surface area contributed by atoms with Crippen molar-refractivity contribution in [2.24, 2.45) is 0 Å². The minimum absolute atomic E-state index is 0.0168. The number of ether oxygens (including phenoxy) is 1. The average molecular weight is 330 g/mol. The van der Waals surface area contributed by atoms with Crippen LogP contribution in [0.4, 0.5) is 0 Å². The van der Waals surface area contributed by atoms with Crippen LogP contribution in [-0.4, -0.2) is 45.1 Å². The van der Waals surface area contributed by atoms with Gasteiger partial charge >= 0.3 is 0 Å². The maximum Gasteiger partial charge on any atom is 0.243 e. The van der Waals surface area contributed by atoms with Crippen LogP contribution in [0.3, 0.4) is 0 Å². The summed E-state index contributed by atoms with van der Waals surface area (Å²) in [5, 5.41) is 5.17. The first kappa shape index (κ1) is 15.4. The summed E-state index contributed by atoms with van der Waals surface area (Å²) in [5.74, 6) is 0. The molecular formula is C14H22N2O3S2. The molecule has 1 unspecified atom stereocenters. The third kappa shape index (κ3) is 3.65. The van der Waals surface area contributed by atoms with Crippen molar-refractivity contribution in [2.75, 3.05) is 20.2 Å². The van der Waals surface area contributed by atoms with Gasteiger partial charge in [-0.1, -0.05) is 0 Å². The molecule has 0 amide bonds. The van der Waals surface area contributed by atoms with E-state index in [2.05, 4.69) is 5.32 Å². The molecule has 3 rings (SSSR count). The van der Waals surface area contributed by atoms with Gasteiger partial charge in [0.05, 0.1) is 11.0 Å². The lowest BCUT2D eigenvalue weighted by Gasteiger charge is -2.30. The van der Waals surface area contributed by atoms with E-state index < -0.39 is 10.0 Å². The molecule has 1 aliphatic carbocycles. The molecule has 2 fully saturated rings. The van der Waals surface area contributed by atoms with E-state index in [1.165, 1.54) is 24.2 Å². The predicted molar refractivity (Wildman–Crippen MR) is 83.0 cm³/mol. The van der Waals surface area contributed by atoms with Crippen LogP contribution in [-0.2, 0) is 21.3 Å². The number of piperidine rings is 1. The van der Waals surface area contributed by atoms with Gasteiger partial charge in [-0.3, -0.25) is 0 Å². The molecule has 0 aromatic carbocycles. The Morgan fingerprint density at radius 2 is 2.24 bits per heavy atom. The molecule has 1 N–H and O–H groups in total. The normalized spacial score (nSPS) is 24.3. The van der Waals surface area contributed by atoms with Crippen molar-refractivity contribution >= 4 is 21.4 Å². The molecule has 1 saturated carbocycles. The van der Waals surface area contributed by atoms with Crippen molar-refractivity contribution < 1.29 is 13.2 Å². The highest BCUT2D eigenvalue weighted by Crippen LogP contribution is 2.26. The summed E-state index contributed by atoms with van der Waals surface area (Å²) in [4.78, 5) is 1.51. The third-order valence-corrected chi connectivity index (χ3v) is 7.01. The zero-order valence-electron chi connectivity index (χ0n) is 12.2. The fourth-order valence-corrected chi connectivity index (χ4v) is 5.31. The molecule has 1 aromatic heterocycles. The van der Waals surface area contributed by atoms with Crippen molar-refractivity contribution in [3.63, 3.8) is 0 Å². The van der Waals surface area contributed by atoms with Crippen LogP contribution in [0.25, 0.3) is 0 Å². The third-order valence-electron chi connectivity index (χ3n) is 4.08. The lowest BCUT2D eigenvalue weighted by molar-refractivity contribution is 0.0572. The summed E-state index contributed by atoms with van der Waals surface area (Å²) in [6.07, 6.45) is 4.29. The summed E-state index contributed by atoms with van der Waals surface area (Å²) in [5.41, 5.74) is 0. The lowest BCUT2D eigenvalue weighted by Crippen LogP contribution is -2.42. The second-order valence-corrected chi connectivity index (χ2v) is 8.70. The van der Waals surface area contributed by atoms with Crippen molar-refractivity contribution in [1.29, 1.82) is 0 Å². The summed E-state index contributed by atoms with van der Waals surface area (Å²) in [6.45, 7) is 1.82. The van der Waals surface area contributed by atoms with E-state index >= 15 is 0 Å². The lowest BCUT2D eigenvalue weighted by atomic mass is 10.1. The smallest absolute Gasteiger partial charge is 0.243 e. The summed E-state index contributed by atoms with van der Waals surface area (Å²) < 4.78 is 32.2. The van der Waals surface area contributed by atoms with Gasteiger partial charge in [-0.15, -0.1) is 11.3 Å². The van der Waals surface area contributed by atoms with Crippen LogP contribution in [0.2, 0.25) is 0 Å². The van der Waals surface area contributed by atoms with E-state index in [9.17, 15) is 8.42 Å². The highest BCUT2D eigenvalue weighted by molar-refractivity contribution is 7.89. The van der Waals surface area contributed by atoms with Gasteiger partial charge in [-0.05, 0) is 31.7 Å². The van der Waals surface area contributed by atoms with Crippen LogP contribution in [0.5, 0.6) is 0 Å². The van der Waals surface area contributed by atoms with Crippen molar-refractivity contribution in [3.8, 4) is 0 Å². The number of thiophene rings is 1. The Kier molecular flexibility index (Phi) is 4.66. The number of hydrogen-bond donors (Lipinski definition) is 1. The zero-order valence-corrected chi connectivity index (χ0v) is 13.9. The Morgan fingerprint density at radius 3 is 2.95 bits per heavy atom. The fraction of sp³-hybridized carbons (Fsp3) is 0.714. The van der Waals surface area contributed by atoms with Crippen LogP contribution in [0.15, 0.2) is 16.3 Å². The van der Waals surface area contributed by atoms with Crippen molar-refractivity contribution in [2.45, 2.75) is 49.3 Å². The molecule has 1 aliphatic heterocycles. The molecule has 118 valence electrons. The summed E-state index contributed by atoms with van der Waals surface area (Å²) in [6, 6.07) is 2.45. The van der Waals surface area contributed by atoms with Crippen LogP contribution >= 0.6 is 11.3 Å². The molecule has 1 saturated heterocycles. The SMILES string of the molecule is COC1CCCN(S(=O)(=O)c2csc(CNC3CC3)c2)C1. The van der Waals surface area contributed by atoms with Gasteiger partial charge in [0.1, 0.15) is 0 Å². The number of methoxy groups -OCH3 is 1. The molecule has 1 aromatic rings. The largest absolute Gasteiger partial charge is 0.380 e. The number of sulfonamides is 1. The van der Waals surface area contributed by atoms with Crippen LogP contribution in [0.1, 0.15) is 30.6 Å². The van der Waals surface area contributed by atoms with Gasteiger partial charge in [0.15, 0.2) is 0 Å². The predicted octanol–water partition coefficient (Wildman–Crippen LogP) is 1.80. The molecule has 2 heterocycles. The van der Waals surface area contributed by atoms with Gasteiger partial charge < -0.3 is 10.1 Å². The molecular weight excluding hydrogens is 308 g/mol. The number of rotatable bonds is 6. The molecule has 0 bridgehead atoms. The maximum atomic E-state index is 12.7. The second-order valence-electron chi connectivity index (χ2n) is 5.77. The summed E-state index contributed by atoms with van der Waals surface area (Å²) in [7, 11) is -1.73. The Morgan fingerprint density at radius 1 is 1.43 bits per heavy atom. The number of nitrogens with one attached hydrogen (secondary N) is 1. The monoisotopic (exact) mass is 330 g/mol. The highest BCUT2D eigenvalue weighted by atomic mass is 32.2. The van der Waals surface area contributed by atoms with Gasteiger partial charge in [-0.25, -0.2) is 8.42 Å². The first-order chi connectivity index (χ1) is 10.1. The van der Waals surface area contributed by atoms with E-state index in [-0.39, 0.29) is 6.10 Å². The van der Waals surface area contributed by atoms with Crippen LogP contribution in [0, 0.1) is 0 Å². The first-order valence-electron chi connectivity index (χ1n) is 7.43. The van der Waals surface area contributed by atoms with Crippen molar-refractivity contribution in [1.82, 2.24) is 9.62 Å². The van der Waals surface area contributed by atoms with E-state index in [0.29, 0.717) is 24.0 Å². The fourth-order valence-electron chi connectivity index (χ4n) is 2.59. The van der Waals surface area contributed by atoms with Gasteiger partial charge in [0, 0.05) is 43.0 Å². The molecule has 21 heavy (non-hydrogen) atoms. The van der Waals surface area contributed by atoms with E-state index in [0.717, 1.165) is 24.3 Å². The van der Waals surface area contributed by atoms with Gasteiger partial charge in [-0.2, -0.15) is 4.31 Å². The molecule has 0 radical (unpaired) electrons. The Hall–Kier alpha value is -0.470. The molecule has 1 atom stereocenters. The number of hydrogen-bond acceptors (Lipinski definition) is 5. The summed E-state index contributed by atoms with van der Waals surface area (Å²) >= 11 is 1.52. The topological polar surface area (TPSA) is 58.6 Å². The molecule has 2 aliphatic rings. The second kappa shape index (κ2) is 6.34. The van der Waals surface area contributed by atoms with E-state index in [1.807, 2.05) is 6.07 Å². The Labute approximate surface area is 130 Å².